The molecule has 0 bridgehead atoms. The van der Waals surface area contributed by atoms with Gasteiger partial charge in [-0.25, -0.2) is 0 Å². The molecule has 3 nitrogen and oxygen atoms in total. The van der Waals surface area contributed by atoms with Gasteiger partial charge < -0.3 is 15.3 Å². The first-order valence-corrected chi connectivity index (χ1v) is 7.42. The third-order valence-corrected chi connectivity index (χ3v) is 3.97. The summed E-state index contributed by atoms with van der Waals surface area (Å²) >= 11 is 0. The van der Waals surface area contributed by atoms with Gasteiger partial charge in [-0.2, -0.15) is 0 Å². The molecule has 0 spiro atoms. The van der Waals surface area contributed by atoms with E-state index in [1.807, 2.05) is 0 Å². The number of nitrogens with zero attached hydrogens (tertiary/aromatic N) is 1. The SMILES string of the molecule is CCN1CC(Cc2ccccc2)CC(NCCO)C1. The molecule has 0 aromatic heterocycles. The summed E-state index contributed by atoms with van der Waals surface area (Å²) in [6.45, 7) is 6.59. The van der Waals surface area contributed by atoms with Crippen LogP contribution in [0.25, 0.3) is 0 Å². The second kappa shape index (κ2) is 7.63. The normalized spacial score (nSPS) is 24.5. The van der Waals surface area contributed by atoms with Gasteiger partial charge in [0.1, 0.15) is 0 Å². The number of piperidine rings is 1. The minimum absolute atomic E-state index is 0.228. The molecule has 0 aliphatic carbocycles. The molecule has 1 fully saturated rings. The largest absolute Gasteiger partial charge is 0.395 e. The van der Waals surface area contributed by atoms with Crippen LogP contribution in [0.3, 0.4) is 0 Å². The topological polar surface area (TPSA) is 35.5 Å². The number of aliphatic hydroxyl groups excluding tert-OH is 1. The van der Waals surface area contributed by atoms with Gasteiger partial charge in [-0.15, -0.1) is 0 Å². The van der Waals surface area contributed by atoms with E-state index in [0.717, 1.165) is 19.5 Å². The zero-order chi connectivity index (χ0) is 13.5. The molecule has 19 heavy (non-hydrogen) atoms. The van der Waals surface area contributed by atoms with Crippen molar-refractivity contribution in [1.29, 1.82) is 0 Å². The average Bonchev–Trinajstić information content (AvgIpc) is 2.46. The van der Waals surface area contributed by atoms with Crippen LogP contribution in [0.1, 0.15) is 18.9 Å². The monoisotopic (exact) mass is 262 g/mol. The summed E-state index contributed by atoms with van der Waals surface area (Å²) in [5, 5.41) is 12.4. The van der Waals surface area contributed by atoms with Crippen LogP contribution in [0.5, 0.6) is 0 Å². The summed E-state index contributed by atoms with van der Waals surface area (Å²) < 4.78 is 0. The molecular weight excluding hydrogens is 236 g/mol. The maximum Gasteiger partial charge on any atom is 0.0556 e. The first-order valence-electron chi connectivity index (χ1n) is 7.42. The fourth-order valence-electron chi connectivity index (χ4n) is 3.07. The fraction of sp³-hybridized carbons (Fsp3) is 0.625. The Morgan fingerprint density at radius 3 is 2.74 bits per heavy atom. The molecule has 1 saturated heterocycles. The van der Waals surface area contributed by atoms with Crippen LogP contribution >= 0.6 is 0 Å². The van der Waals surface area contributed by atoms with Crippen LogP contribution in [0.2, 0.25) is 0 Å². The van der Waals surface area contributed by atoms with Gasteiger partial charge in [-0.05, 0) is 30.9 Å². The van der Waals surface area contributed by atoms with E-state index in [9.17, 15) is 0 Å². The number of rotatable bonds is 6. The van der Waals surface area contributed by atoms with Gasteiger partial charge in [0.2, 0.25) is 0 Å². The first kappa shape index (κ1) is 14.5. The van der Waals surface area contributed by atoms with E-state index in [1.165, 1.54) is 18.5 Å². The predicted molar refractivity (Wildman–Crippen MR) is 79.2 cm³/mol. The summed E-state index contributed by atoms with van der Waals surface area (Å²) in [7, 11) is 0. The number of hydrogen-bond acceptors (Lipinski definition) is 3. The van der Waals surface area contributed by atoms with Crippen molar-refractivity contribution in [2.75, 3.05) is 32.8 Å². The second-order valence-electron chi connectivity index (χ2n) is 5.52. The van der Waals surface area contributed by atoms with Gasteiger partial charge in [0.15, 0.2) is 0 Å². The van der Waals surface area contributed by atoms with Crippen molar-refractivity contribution in [3.63, 3.8) is 0 Å². The molecule has 0 radical (unpaired) electrons. The van der Waals surface area contributed by atoms with Crippen molar-refractivity contribution in [1.82, 2.24) is 10.2 Å². The molecule has 0 amide bonds. The van der Waals surface area contributed by atoms with Crippen molar-refractivity contribution in [3.05, 3.63) is 35.9 Å². The Morgan fingerprint density at radius 2 is 2.05 bits per heavy atom. The summed E-state index contributed by atoms with van der Waals surface area (Å²) in [6.07, 6.45) is 2.38. The molecular formula is C16H26N2O. The van der Waals surface area contributed by atoms with Crippen LogP contribution < -0.4 is 5.32 Å². The molecule has 106 valence electrons. The second-order valence-corrected chi connectivity index (χ2v) is 5.52. The zero-order valence-corrected chi connectivity index (χ0v) is 11.9. The van der Waals surface area contributed by atoms with Gasteiger partial charge in [0.25, 0.3) is 0 Å². The summed E-state index contributed by atoms with van der Waals surface area (Å²) in [4.78, 5) is 2.52. The number of hydrogen-bond donors (Lipinski definition) is 2. The molecule has 0 saturated carbocycles. The van der Waals surface area contributed by atoms with E-state index in [0.29, 0.717) is 18.5 Å². The van der Waals surface area contributed by atoms with E-state index >= 15 is 0 Å². The van der Waals surface area contributed by atoms with Crippen LogP contribution in [0.15, 0.2) is 30.3 Å². The lowest BCUT2D eigenvalue weighted by Gasteiger charge is -2.37. The van der Waals surface area contributed by atoms with Crippen molar-refractivity contribution in [2.24, 2.45) is 5.92 Å². The fourth-order valence-corrected chi connectivity index (χ4v) is 3.07. The van der Waals surface area contributed by atoms with Gasteiger partial charge in [0, 0.05) is 25.7 Å². The van der Waals surface area contributed by atoms with Crippen molar-refractivity contribution >= 4 is 0 Å². The third-order valence-electron chi connectivity index (χ3n) is 3.97. The average molecular weight is 262 g/mol. The number of nitrogens with one attached hydrogen (secondary N) is 1. The highest BCUT2D eigenvalue weighted by molar-refractivity contribution is 5.15. The van der Waals surface area contributed by atoms with E-state index < -0.39 is 0 Å². The molecule has 3 heteroatoms. The third kappa shape index (κ3) is 4.60. The molecule has 1 aromatic rings. The maximum atomic E-state index is 8.94. The Bertz CT molecular complexity index is 355. The molecule has 1 aliphatic heterocycles. The Labute approximate surface area is 116 Å². The summed E-state index contributed by atoms with van der Waals surface area (Å²) in [5.41, 5.74) is 1.44. The van der Waals surface area contributed by atoms with E-state index in [-0.39, 0.29) is 6.61 Å². The molecule has 2 N–H and O–H groups in total. The molecule has 1 aromatic carbocycles. The first-order chi connectivity index (χ1) is 9.31. The van der Waals surface area contributed by atoms with Crippen LogP contribution in [0.4, 0.5) is 0 Å². The lowest BCUT2D eigenvalue weighted by Crippen LogP contribution is -2.50. The van der Waals surface area contributed by atoms with Crippen molar-refractivity contribution < 1.29 is 5.11 Å². The minimum Gasteiger partial charge on any atom is -0.395 e. The van der Waals surface area contributed by atoms with Crippen LogP contribution in [0, 0.1) is 5.92 Å². The molecule has 1 heterocycles. The molecule has 2 unspecified atom stereocenters. The molecule has 2 rings (SSSR count). The zero-order valence-electron chi connectivity index (χ0n) is 11.9. The number of benzene rings is 1. The van der Waals surface area contributed by atoms with Gasteiger partial charge in [0.05, 0.1) is 6.61 Å². The quantitative estimate of drug-likeness (QED) is 0.816. The van der Waals surface area contributed by atoms with Crippen molar-refractivity contribution in [3.8, 4) is 0 Å². The van der Waals surface area contributed by atoms with Crippen LogP contribution in [-0.4, -0.2) is 48.8 Å². The summed E-state index contributed by atoms with van der Waals surface area (Å²) in [5.74, 6) is 0.715. The predicted octanol–water partition coefficient (Wildman–Crippen LogP) is 1.52. The maximum absolute atomic E-state index is 8.94. The standard InChI is InChI=1S/C16H26N2O/c1-2-18-12-15(10-14-6-4-3-5-7-14)11-16(13-18)17-8-9-19/h3-7,15-17,19H,2,8-13H2,1H3. The van der Waals surface area contributed by atoms with Crippen LogP contribution in [-0.2, 0) is 6.42 Å². The number of likely N-dealkylation sites (tertiary alicyclic amines) is 1. The Hall–Kier alpha value is -0.900. The minimum atomic E-state index is 0.228. The highest BCUT2D eigenvalue weighted by Gasteiger charge is 2.25. The van der Waals surface area contributed by atoms with Crippen molar-refractivity contribution in [2.45, 2.75) is 25.8 Å². The lowest BCUT2D eigenvalue weighted by atomic mass is 9.88. The molecule has 2 atom stereocenters. The van der Waals surface area contributed by atoms with E-state index in [4.69, 9.17) is 5.11 Å². The Kier molecular flexibility index (Phi) is 5.83. The molecule has 1 aliphatic rings. The van der Waals surface area contributed by atoms with E-state index in [2.05, 4.69) is 47.5 Å². The smallest absolute Gasteiger partial charge is 0.0556 e. The Balaban J connectivity index is 1.91. The highest BCUT2D eigenvalue weighted by Crippen LogP contribution is 2.21. The summed E-state index contributed by atoms with van der Waals surface area (Å²) in [6, 6.07) is 11.3. The number of aliphatic hydroxyl groups is 1. The number of likely N-dealkylation sites (N-methyl/N-ethyl adjacent to an activating group) is 1. The van der Waals surface area contributed by atoms with Gasteiger partial charge in [-0.3, -0.25) is 0 Å². The Morgan fingerprint density at radius 1 is 1.26 bits per heavy atom. The van der Waals surface area contributed by atoms with Gasteiger partial charge >= 0.3 is 0 Å². The van der Waals surface area contributed by atoms with Gasteiger partial charge in [-0.1, -0.05) is 37.3 Å². The van der Waals surface area contributed by atoms with E-state index in [1.54, 1.807) is 0 Å². The highest BCUT2D eigenvalue weighted by atomic mass is 16.3. The lowest BCUT2D eigenvalue weighted by molar-refractivity contribution is 0.142.